The van der Waals surface area contributed by atoms with Crippen molar-refractivity contribution in [1.82, 2.24) is 44.5 Å². The van der Waals surface area contributed by atoms with Crippen LogP contribution in [0.25, 0.3) is 5.32 Å². The number of morpholine rings is 1. The molecule has 7 heterocycles. The van der Waals surface area contributed by atoms with E-state index in [1.807, 2.05) is 192 Å². The minimum absolute atomic E-state index is 0. The number of ether oxygens (including phenoxy) is 2. The van der Waals surface area contributed by atoms with Gasteiger partial charge in [0.2, 0.25) is 0 Å². The zero-order chi connectivity index (χ0) is 101. The Hall–Kier alpha value is -2.02. The molecule has 3 aromatic heterocycles. The molecule has 0 spiro atoms. The van der Waals surface area contributed by atoms with E-state index in [0.29, 0.717) is 48.4 Å². The Kier molecular flexibility index (Phi) is 156. The summed E-state index contributed by atoms with van der Waals surface area (Å²) in [7, 11) is 2.20. The Balaban J connectivity index is -0.0000000508. The number of nitrogens with zero attached hydrogens (tertiary/aromatic N) is 10. The molecule has 1 N–H and O–H groups in total. The van der Waals surface area contributed by atoms with E-state index in [1.54, 1.807) is 55.6 Å². The van der Waals surface area contributed by atoms with Gasteiger partial charge in [0.05, 0.1) is 41.8 Å². The zero-order valence-electron chi connectivity index (χ0n) is 98.7. The van der Waals surface area contributed by atoms with Gasteiger partial charge in [0, 0.05) is 176 Å². The van der Waals surface area contributed by atoms with Crippen LogP contribution in [0.1, 0.15) is 463 Å². The first-order chi connectivity index (χ1) is 56.4. The van der Waals surface area contributed by atoms with E-state index in [9.17, 15) is 5.11 Å². The van der Waals surface area contributed by atoms with Crippen molar-refractivity contribution in [3.8, 4) is 0 Å². The summed E-state index contributed by atoms with van der Waals surface area (Å²) in [6, 6.07) is 0. The van der Waals surface area contributed by atoms with Crippen molar-refractivity contribution in [3.05, 3.63) is 85.3 Å². The normalized spacial score (nSPS) is 13.4. The third kappa shape index (κ3) is 161. The van der Waals surface area contributed by atoms with Gasteiger partial charge in [0.15, 0.2) is 0 Å². The summed E-state index contributed by atoms with van der Waals surface area (Å²) in [6.07, 6.45) is 21.0. The standard InChI is InChI=1S/C10H21NS.C10H21N.C10H22O.C9H19N2.C9H19NO.2C8H12N2.C7H11NS.C6H14O.C6H14.12C2H6.CH4.2CH3.Re.Rf.Rh/c1-10(2,3)9-11-5-7-12(4)8-6-11;1-10(2,3)9-11-7-5-4-6-8-11;1-9(2,3)7-6-8-10(4,5)11;1-9(2,3)8-11-6-4-10-5-7-11;1-9(2,3)8-10-4-6-11-7-5-10;2*1-8(2,3)7-6-9-4-5-10-7;1-7(2,3)6-8-4-5-9-6;1-6(2,3)5-7-4;1-5-6(2,3)4;12*1-2;;;;;;/h4-9H2,1-3H3;4-9H2,1-3H3;11H,6-8H2,1-5H3;2*4-8H2,1-3H3;2*4-6H,1-3H3;4-5H,1-3H3;5H2,1-4H3;5H2,1-4H3;12*1-2H3;1H4;2*1H3;;;/q;;;-1;;;;;;;;;;;;;;;;;;;;2*-1;;;. The van der Waals surface area contributed by atoms with Gasteiger partial charge in [-0.05, 0) is 104 Å². The molecule has 128 heavy (non-hydrogen) atoms. The fraction of sp³-hybridized carbons (Fsp3) is 0.873. The molecule has 3 aromatic rings. The van der Waals surface area contributed by atoms with Crippen LogP contribution in [0.15, 0.2) is 48.8 Å². The maximum atomic E-state index is 9.41. The topological polar surface area (TPSA) is 130 Å². The third-order valence-corrected chi connectivity index (χ3v) is 17.7. The fourth-order valence-corrected chi connectivity index (χ4v) is 11.7. The molecule has 0 saturated carbocycles. The largest absolute Gasteiger partial charge is 0.660 e. The van der Waals surface area contributed by atoms with Gasteiger partial charge < -0.3 is 49.5 Å². The van der Waals surface area contributed by atoms with Crippen molar-refractivity contribution >= 4 is 27.7 Å². The first-order valence-electron chi connectivity index (χ1n) is 49.6. The molecule has 4 aliphatic rings. The van der Waals surface area contributed by atoms with Gasteiger partial charge in [-0.25, -0.2) is 4.98 Å². The van der Waals surface area contributed by atoms with Gasteiger partial charge in [-0.2, -0.15) is 10.5 Å². The van der Waals surface area contributed by atoms with Crippen LogP contribution >= 0.6 is 21.8 Å². The average Bonchev–Trinajstić information content (AvgIpc) is 1.16. The van der Waals surface area contributed by atoms with E-state index >= 15 is 0 Å². The van der Waals surface area contributed by atoms with Crippen LogP contribution < -0.4 is 0 Å². The van der Waals surface area contributed by atoms with Gasteiger partial charge in [-0.3, -0.25) is 24.8 Å². The summed E-state index contributed by atoms with van der Waals surface area (Å²) in [6.45, 7) is 140. The Morgan fingerprint density at radius 2 is 0.695 bits per heavy atom. The molecule has 7 rings (SSSR count). The molecule has 18 heteroatoms. The predicted molar refractivity (Wildman–Crippen MR) is 594 cm³/mol. The van der Waals surface area contributed by atoms with Gasteiger partial charge in [0.1, 0.15) is 0 Å². The van der Waals surface area contributed by atoms with Crippen molar-refractivity contribution in [2.45, 2.75) is 469 Å². The second-order valence-electron chi connectivity index (χ2n) is 39.6. The molecule has 4 saturated heterocycles. The molecule has 0 unspecified atom stereocenters. The molecule has 788 valence electrons. The van der Waals surface area contributed by atoms with E-state index in [1.165, 1.54) is 101 Å². The quantitative estimate of drug-likeness (QED) is 0.131. The molecule has 13 nitrogen and oxygen atoms in total. The van der Waals surface area contributed by atoms with E-state index < -0.39 is 5.60 Å². The van der Waals surface area contributed by atoms with Gasteiger partial charge in [-0.1, -0.05) is 413 Å². The van der Waals surface area contributed by atoms with Crippen LogP contribution in [-0.2, 0) is 65.6 Å². The van der Waals surface area contributed by atoms with Crippen LogP contribution in [0.2, 0.25) is 0 Å². The van der Waals surface area contributed by atoms with Gasteiger partial charge in [0.25, 0.3) is 0 Å². The van der Waals surface area contributed by atoms with Crippen molar-refractivity contribution < 1.29 is 54.5 Å². The maximum Gasteiger partial charge on any atom is 0.0978 e. The number of methoxy groups -OCH3 is 1. The van der Waals surface area contributed by atoms with Crippen LogP contribution in [0.3, 0.4) is 0 Å². The number of rotatable bonds is 8. The Morgan fingerprint density at radius 1 is 0.406 bits per heavy atom. The predicted octanol–water partition coefficient (Wildman–Crippen LogP) is 34.6. The first-order valence-corrected chi connectivity index (χ1v) is 52.2. The van der Waals surface area contributed by atoms with Crippen LogP contribution in [0.4, 0.5) is 0 Å². The van der Waals surface area contributed by atoms with E-state index in [2.05, 4.69) is 270 Å². The van der Waals surface area contributed by atoms with Crippen molar-refractivity contribution in [1.29, 1.82) is 0 Å². The SMILES string of the molecule is C.C=S1CCN(CC(C)(C)C)CC1.CC.CC.CC.CC.CC.CC.CC.CC.CC.CC.CC.CC.CC(C)(C)CCCC(C)(C)O.CC(C)(C)CN1CCCCC1.CC(C)(C)CN1CCOCC1.CC(C)(C)CN1CC[N-]CC1.CC(C)(C)c1cnccn1.CC(C)(C)c1cnccn1.CC(C)(C)c1nccs1.CCC(C)(C)C.COCC(C)(C)C.[CH3-].[CH3-].[Re].[Rf].[Rh]. The Labute approximate surface area is 842 Å². The van der Waals surface area contributed by atoms with Crippen molar-refractivity contribution in [2.75, 3.05) is 130 Å². The third-order valence-electron chi connectivity index (χ3n) is 15.0. The molecule has 0 amide bonds. The summed E-state index contributed by atoms with van der Waals surface area (Å²) < 4.78 is 10.2. The summed E-state index contributed by atoms with van der Waals surface area (Å²) in [5.74, 6) is 6.76. The van der Waals surface area contributed by atoms with Gasteiger partial charge in [-0.15, -0.1) is 24.4 Å². The van der Waals surface area contributed by atoms with E-state index in [0.717, 1.165) is 83.3 Å². The second kappa shape index (κ2) is 112. The van der Waals surface area contributed by atoms with Gasteiger partial charge >= 0.3 is 0 Å². The number of likely N-dealkylation sites (tertiary alicyclic amines) is 1. The van der Waals surface area contributed by atoms with E-state index in [4.69, 9.17) is 9.47 Å². The van der Waals surface area contributed by atoms with Crippen LogP contribution in [0.5, 0.6) is 0 Å². The molecule has 2 radical (unpaired) electrons. The zero-order valence-corrected chi connectivity index (χ0v) is 111. The minimum atomic E-state index is -0.481. The molecule has 4 fully saturated rings. The van der Waals surface area contributed by atoms with Crippen molar-refractivity contribution in [3.63, 3.8) is 0 Å². The number of piperidine rings is 1. The Bertz CT molecular complexity index is 2220. The first kappa shape index (κ1) is 179. The van der Waals surface area contributed by atoms with Crippen LogP contribution in [0, 0.1) is 52.8 Å². The minimum Gasteiger partial charge on any atom is -0.660 e. The number of hydrogen-bond acceptors (Lipinski definition) is 13. The monoisotopic (exact) mass is 2380 g/mol. The fourth-order valence-electron chi connectivity index (χ4n) is 9.71. The summed E-state index contributed by atoms with van der Waals surface area (Å²) in [5, 5.41) is 17.0. The molecule has 0 atom stereocenters. The molecular formula is C110H247N10O3ReRfRhS2-3. The summed E-state index contributed by atoms with van der Waals surface area (Å²) in [4.78, 5) is 30.7. The summed E-state index contributed by atoms with van der Waals surface area (Å²) >= 11 is 1.72. The van der Waals surface area contributed by atoms with Crippen LogP contribution in [-0.4, -0.2) is 191 Å². The molecular weight excluding hydrogens is 2130 g/mol. The number of hydrogen-bond donors (Lipinski definition) is 1. The number of aliphatic hydroxyl groups is 1. The smallest absolute Gasteiger partial charge is 0.0978 e. The number of piperazine rings is 1. The number of thiazole rings is 1. The number of aromatic nitrogens is 5. The maximum absolute atomic E-state index is 9.41. The molecule has 4 aliphatic heterocycles. The molecule has 0 aliphatic carbocycles. The van der Waals surface area contributed by atoms with E-state index in [-0.39, 0.29) is 78.4 Å². The second-order valence-corrected chi connectivity index (χ2v) is 42.6. The summed E-state index contributed by atoms with van der Waals surface area (Å²) in [5.41, 5.74) is 5.15. The Morgan fingerprint density at radius 3 is 0.891 bits per heavy atom. The molecule has 0 bridgehead atoms. The van der Waals surface area contributed by atoms with Crippen molar-refractivity contribution in [2.24, 2.45) is 37.9 Å². The molecule has 0 aromatic carbocycles. The average molecular weight is 2380 g/mol.